The largest absolute Gasteiger partial charge is 0.479 e. The van der Waals surface area contributed by atoms with Crippen molar-refractivity contribution in [2.75, 3.05) is 132 Å². The molecule has 10 saturated heterocycles. The van der Waals surface area contributed by atoms with Gasteiger partial charge in [-0.3, -0.25) is 0 Å². The van der Waals surface area contributed by atoms with Gasteiger partial charge in [0.05, 0.1) is 120 Å². The van der Waals surface area contributed by atoms with Gasteiger partial charge >= 0.3 is 0 Å². The highest BCUT2D eigenvalue weighted by molar-refractivity contribution is 4.84. The van der Waals surface area contributed by atoms with Crippen molar-refractivity contribution in [3.63, 3.8) is 0 Å². The standard InChI is InChI=1S/3C8H17NO.5C7H15NO.2C6H13NO/c1-8(2)4-7(5-9-3)6-10-8;1-8(2)7(6-9-3)4-5-10-8;1-8(2)5-4-7(10-8)6-9-3;1-6-3-7(4-8-2)5-9-6;1-7(5-8-2)3-4-9-6-7;1-6(8-2)7-3-4-9-5-7;1-7(6-8-2)4-3-5-9-7;1-6(8-2)7-4-3-5-9-7;1-7-4-6-2-3-8-5-6;1-7-5-6-3-2-4-8-6/h3*7H,3-6,9H2,1-2H3;6-7H,2-5,8H2,1H3;2-6,8H2,1H3;6-7H,2-5,8H2,1H3;2-6,8H2,1H3;6-7H,2-5,8H2,1H3;2*6H,1-5,7H2. The molecule has 10 aliphatic heterocycles. The minimum atomic E-state index is 0.0915. The molecule has 10 heterocycles. The summed E-state index contributed by atoms with van der Waals surface area (Å²) in [6.07, 6.45) is 18.8. The van der Waals surface area contributed by atoms with E-state index < -0.39 is 0 Å². The number of nitrogens with two attached hydrogens (primary N) is 10. The Balaban J connectivity index is 0.000000506. The molecule has 0 amide bonds. The third kappa shape index (κ3) is 41.9. The molecule has 20 nitrogen and oxygen atoms in total. The van der Waals surface area contributed by atoms with Gasteiger partial charge in [-0.2, -0.15) is 70.5 Å². The fourth-order valence-electron chi connectivity index (χ4n) is 12.7. The molecule has 0 aliphatic carbocycles. The SMILES string of the molecule is [CH2-][NH2+]C(C)C1CCCO1.[CH2-][NH2+]C(C)C1CCOC1.[CH2-][NH2+]CC1(C)CCCO1.[CH2-][NH2+]CC1(C)CCOC1.[CH2-][NH2+]CC1CCC(C)(C)O1.[CH2-][NH2+]CC1CCCO1.[CH2-][NH2+]CC1CCOC1.[CH2-][NH2+]CC1CCOC1(C)C.[CH2-][NH2+]CC1COC(C)(C)C1.[CH2-][NH2+]CC1COC(C)C1. The average Bonchev–Trinajstić information content (AvgIpc) is 2.71. The molecule has 0 bridgehead atoms. The van der Waals surface area contributed by atoms with Crippen molar-refractivity contribution in [1.29, 1.82) is 0 Å². The molecule has 20 N–H and O–H groups in total. The smallest absolute Gasteiger partial charge is 0.112 e. The molecule has 0 aromatic rings. The second kappa shape index (κ2) is 51.4. The Morgan fingerprint density at radius 3 is 1.49 bits per heavy atom. The zero-order valence-electron chi connectivity index (χ0n) is 60.8. The van der Waals surface area contributed by atoms with E-state index in [1.54, 1.807) is 0 Å². The van der Waals surface area contributed by atoms with E-state index in [-0.39, 0.29) is 22.4 Å². The van der Waals surface area contributed by atoms with Gasteiger partial charge in [-0.1, -0.05) is 6.92 Å². The van der Waals surface area contributed by atoms with E-state index in [0.29, 0.717) is 53.8 Å². The second-order valence-corrected chi connectivity index (χ2v) is 29.2. The first-order valence-electron chi connectivity index (χ1n) is 35.7. The molecular weight excluding hydrogens is 1150 g/mol. The van der Waals surface area contributed by atoms with Gasteiger partial charge < -0.3 is 101 Å². The van der Waals surface area contributed by atoms with Crippen LogP contribution in [-0.2, 0) is 47.4 Å². The molecule has 546 valence electrons. The van der Waals surface area contributed by atoms with Gasteiger partial charge in [0.25, 0.3) is 0 Å². The van der Waals surface area contributed by atoms with Gasteiger partial charge in [0.1, 0.15) is 23.9 Å². The fraction of sp³-hybridized carbons (Fsp3) is 0.859. The summed E-state index contributed by atoms with van der Waals surface area (Å²) in [6.45, 7) is 43.6. The van der Waals surface area contributed by atoms with Crippen LogP contribution in [0.5, 0.6) is 0 Å². The lowest BCUT2D eigenvalue weighted by Gasteiger charge is -2.24. The minimum absolute atomic E-state index is 0.0915. The van der Waals surface area contributed by atoms with Gasteiger partial charge in [0.15, 0.2) is 0 Å². The maximum absolute atomic E-state index is 5.72. The summed E-state index contributed by atoms with van der Waals surface area (Å²) < 4.78 is 54.1. The predicted molar refractivity (Wildman–Crippen MR) is 362 cm³/mol. The topological polar surface area (TPSA) is 258 Å². The predicted octanol–water partition coefficient (Wildman–Crippen LogP) is -1.37. The zero-order valence-corrected chi connectivity index (χ0v) is 60.8. The zero-order chi connectivity index (χ0) is 68.0. The van der Waals surface area contributed by atoms with Crippen LogP contribution in [0.1, 0.15) is 166 Å². The van der Waals surface area contributed by atoms with Crippen molar-refractivity contribution in [3.05, 3.63) is 70.5 Å². The van der Waals surface area contributed by atoms with Crippen LogP contribution in [0.25, 0.3) is 0 Å². The Bertz CT molecular complexity index is 1550. The number of hydrogen-bond donors (Lipinski definition) is 10. The van der Waals surface area contributed by atoms with Crippen molar-refractivity contribution < 1.29 is 101 Å². The molecular formula is C71H152N10O10. The third-order valence-corrected chi connectivity index (χ3v) is 18.9. The van der Waals surface area contributed by atoms with E-state index in [2.05, 4.69) is 147 Å². The first-order valence-corrected chi connectivity index (χ1v) is 35.7. The summed E-state index contributed by atoms with van der Waals surface area (Å²) in [5.74, 6) is 3.66. The Hall–Kier alpha value is -0.800. The normalized spacial score (nSPS) is 31.8. The maximum atomic E-state index is 5.72. The van der Waals surface area contributed by atoms with Gasteiger partial charge in [-0.25, -0.2) is 0 Å². The van der Waals surface area contributed by atoms with Crippen LogP contribution in [0.2, 0.25) is 0 Å². The summed E-state index contributed by atoms with van der Waals surface area (Å²) in [7, 11) is 37.0. The Morgan fingerprint density at radius 1 is 0.440 bits per heavy atom. The molecule has 10 aliphatic rings. The molecule has 13 unspecified atom stereocenters. The lowest BCUT2D eigenvalue weighted by atomic mass is 9.90. The lowest BCUT2D eigenvalue weighted by molar-refractivity contribution is -0.638. The number of quaternary nitrogens is 10. The molecule has 91 heavy (non-hydrogen) atoms. The molecule has 0 aromatic carbocycles. The second-order valence-electron chi connectivity index (χ2n) is 29.2. The van der Waals surface area contributed by atoms with E-state index in [9.17, 15) is 0 Å². The van der Waals surface area contributed by atoms with E-state index in [1.807, 2.05) is 53.2 Å². The Kier molecular flexibility index (Phi) is 49.8. The van der Waals surface area contributed by atoms with Crippen molar-refractivity contribution in [2.24, 2.45) is 35.0 Å². The van der Waals surface area contributed by atoms with Gasteiger partial charge in [0, 0.05) is 81.3 Å². The van der Waals surface area contributed by atoms with Crippen molar-refractivity contribution >= 4 is 0 Å². The molecule has 10 fully saturated rings. The summed E-state index contributed by atoms with van der Waals surface area (Å²) in [6, 6.07) is 1.17. The summed E-state index contributed by atoms with van der Waals surface area (Å²) in [5, 5.41) is 19.7. The van der Waals surface area contributed by atoms with E-state index >= 15 is 0 Å². The highest BCUT2D eigenvalue weighted by Gasteiger charge is 2.37. The average molecular weight is 1310 g/mol. The Labute approximate surface area is 560 Å². The Morgan fingerprint density at radius 2 is 1.05 bits per heavy atom. The number of rotatable bonds is 20. The molecule has 0 radical (unpaired) electrons. The van der Waals surface area contributed by atoms with Crippen LogP contribution in [0.15, 0.2) is 0 Å². The van der Waals surface area contributed by atoms with Crippen LogP contribution in [0, 0.1) is 105 Å². The minimum Gasteiger partial charge on any atom is -0.479 e. The summed E-state index contributed by atoms with van der Waals surface area (Å²) >= 11 is 0. The van der Waals surface area contributed by atoms with Crippen molar-refractivity contribution in [1.82, 2.24) is 0 Å². The molecule has 0 saturated carbocycles. The number of hydrogen-bond acceptors (Lipinski definition) is 10. The van der Waals surface area contributed by atoms with Crippen LogP contribution >= 0.6 is 0 Å². The lowest BCUT2D eigenvalue weighted by Crippen LogP contribution is -2.85. The van der Waals surface area contributed by atoms with Crippen LogP contribution in [-0.4, -0.2) is 191 Å². The third-order valence-electron chi connectivity index (χ3n) is 18.9. The van der Waals surface area contributed by atoms with Crippen LogP contribution in [0.3, 0.4) is 0 Å². The van der Waals surface area contributed by atoms with Crippen molar-refractivity contribution in [3.8, 4) is 0 Å². The van der Waals surface area contributed by atoms with Gasteiger partial charge in [-0.15, -0.1) is 0 Å². The van der Waals surface area contributed by atoms with Crippen LogP contribution < -0.4 is 53.2 Å². The molecule has 0 spiro atoms. The molecule has 13 atom stereocenters. The van der Waals surface area contributed by atoms with Gasteiger partial charge in [-0.05, 0) is 159 Å². The maximum Gasteiger partial charge on any atom is 0.112 e. The van der Waals surface area contributed by atoms with Crippen LogP contribution in [0.4, 0.5) is 0 Å². The fourth-order valence-corrected chi connectivity index (χ4v) is 12.7. The monoisotopic (exact) mass is 1310 g/mol. The van der Waals surface area contributed by atoms with E-state index in [4.69, 9.17) is 47.4 Å². The first-order chi connectivity index (χ1) is 43.4. The van der Waals surface area contributed by atoms with E-state index in [1.165, 1.54) is 89.9 Å². The highest BCUT2D eigenvalue weighted by Crippen LogP contribution is 2.31. The van der Waals surface area contributed by atoms with Gasteiger partial charge in [0.2, 0.25) is 0 Å². The highest BCUT2D eigenvalue weighted by atomic mass is 16.5. The molecule has 0 aromatic heterocycles. The van der Waals surface area contributed by atoms with E-state index in [0.717, 1.165) is 149 Å². The van der Waals surface area contributed by atoms with Crippen molar-refractivity contribution in [2.45, 2.75) is 225 Å². The molecule has 20 heteroatoms. The summed E-state index contributed by atoms with van der Waals surface area (Å²) in [4.78, 5) is 0. The quantitative estimate of drug-likeness (QED) is 0.0641. The first kappa shape index (κ1) is 88.2. The number of ether oxygens (including phenoxy) is 10. The molecule has 10 rings (SSSR count). The summed E-state index contributed by atoms with van der Waals surface area (Å²) in [5.41, 5.74) is 0.860.